The quantitative estimate of drug-likeness (QED) is 0.415. The lowest BCUT2D eigenvalue weighted by Gasteiger charge is -2.12. The number of carbonyl (C=O) groups excluding carboxylic acids is 1. The molecule has 2 heterocycles. The van der Waals surface area contributed by atoms with Gasteiger partial charge in [-0.05, 0) is 42.8 Å². The van der Waals surface area contributed by atoms with Gasteiger partial charge in [0.25, 0.3) is 11.5 Å². The Balaban J connectivity index is 1.97. The van der Waals surface area contributed by atoms with E-state index in [1.54, 1.807) is 37.3 Å². The average molecular weight is 444 g/mol. The molecule has 0 bridgehead atoms. The number of hydrogen-bond donors (Lipinski definition) is 3. The molecule has 3 aromatic rings. The summed E-state index contributed by atoms with van der Waals surface area (Å²) in [6, 6.07) is 8.20. The first-order valence-electron chi connectivity index (χ1n) is 7.96. The summed E-state index contributed by atoms with van der Waals surface area (Å²) in [7, 11) is 0. The van der Waals surface area contributed by atoms with Crippen LogP contribution in [0, 0.1) is 6.92 Å². The van der Waals surface area contributed by atoms with Crippen molar-refractivity contribution in [3.05, 3.63) is 84.7 Å². The summed E-state index contributed by atoms with van der Waals surface area (Å²) in [5, 5.41) is 14.2. The van der Waals surface area contributed by atoms with Gasteiger partial charge in [0.15, 0.2) is 0 Å². The fourth-order valence-corrected chi connectivity index (χ4v) is 2.94. The smallest absolute Gasteiger partial charge is 0.335 e. The second-order valence-electron chi connectivity index (χ2n) is 5.70. The summed E-state index contributed by atoms with van der Waals surface area (Å²) >= 11 is 3.33. The van der Waals surface area contributed by atoms with Crippen molar-refractivity contribution in [2.75, 3.05) is 0 Å². The van der Waals surface area contributed by atoms with Gasteiger partial charge in [0.05, 0.1) is 17.5 Å². The third kappa shape index (κ3) is 3.91. The van der Waals surface area contributed by atoms with Crippen molar-refractivity contribution in [2.24, 2.45) is 5.10 Å². The van der Waals surface area contributed by atoms with Gasteiger partial charge in [0.2, 0.25) is 5.88 Å². The number of H-pyrrole nitrogens is 1. The second kappa shape index (κ2) is 8.01. The molecule has 142 valence electrons. The Labute approximate surface area is 166 Å². The third-order valence-corrected chi connectivity index (χ3v) is 4.30. The molecule has 0 spiro atoms. The van der Waals surface area contributed by atoms with Crippen LogP contribution in [0.15, 0.2) is 61.9 Å². The van der Waals surface area contributed by atoms with Crippen LogP contribution in [-0.2, 0) is 0 Å². The first kappa shape index (κ1) is 19.2. The predicted molar refractivity (Wildman–Crippen MR) is 106 cm³/mol. The van der Waals surface area contributed by atoms with Crippen molar-refractivity contribution >= 4 is 28.1 Å². The molecule has 3 rings (SSSR count). The molecule has 0 saturated heterocycles. The lowest BCUT2D eigenvalue weighted by atomic mass is 10.2. The van der Waals surface area contributed by atoms with Crippen molar-refractivity contribution in [3.63, 3.8) is 0 Å². The summed E-state index contributed by atoms with van der Waals surface area (Å²) in [4.78, 5) is 42.2. The van der Waals surface area contributed by atoms with Gasteiger partial charge in [-0.2, -0.15) is 5.10 Å². The summed E-state index contributed by atoms with van der Waals surface area (Å²) in [6.07, 6.45) is 3.84. The minimum Gasteiger partial charge on any atom is -0.493 e. The maximum atomic E-state index is 12.2. The summed E-state index contributed by atoms with van der Waals surface area (Å²) in [5.74, 6) is -1.14. The molecule has 10 heteroatoms. The molecule has 1 amide bonds. The van der Waals surface area contributed by atoms with Gasteiger partial charge in [0.1, 0.15) is 5.56 Å². The van der Waals surface area contributed by atoms with Gasteiger partial charge in [-0.15, -0.1) is 0 Å². The lowest BCUT2D eigenvalue weighted by Crippen LogP contribution is -2.32. The molecule has 0 aliphatic carbocycles. The summed E-state index contributed by atoms with van der Waals surface area (Å²) in [5.41, 5.74) is 1.65. The second-order valence-corrected chi connectivity index (χ2v) is 6.62. The van der Waals surface area contributed by atoms with E-state index in [1.807, 2.05) is 0 Å². The molecule has 2 aromatic heterocycles. The first-order valence-corrected chi connectivity index (χ1v) is 8.76. The number of nitrogens with one attached hydrogen (secondary N) is 2. The van der Waals surface area contributed by atoms with Gasteiger partial charge in [-0.1, -0.05) is 15.9 Å². The van der Waals surface area contributed by atoms with E-state index < -0.39 is 23.0 Å². The van der Waals surface area contributed by atoms with Crippen LogP contribution in [0.1, 0.15) is 21.5 Å². The van der Waals surface area contributed by atoms with E-state index in [1.165, 1.54) is 12.4 Å². The topological polar surface area (TPSA) is 129 Å². The highest BCUT2D eigenvalue weighted by atomic mass is 79.9. The van der Waals surface area contributed by atoms with Gasteiger partial charge in [-0.3, -0.25) is 19.6 Å². The maximum absolute atomic E-state index is 12.2. The van der Waals surface area contributed by atoms with Gasteiger partial charge >= 0.3 is 5.69 Å². The highest BCUT2D eigenvalue weighted by molar-refractivity contribution is 9.10. The lowest BCUT2D eigenvalue weighted by molar-refractivity contribution is 0.0954. The van der Waals surface area contributed by atoms with E-state index in [-0.39, 0.29) is 11.1 Å². The molecule has 0 aliphatic rings. The summed E-state index contributed by atoms with van der Waals surface area (Å²) in [6.45, 7) is 1.75. The molecular formula is C18H14BrN5O4. The number of hydrazone groups is 1. The molecule has 1 aromatic carbocycles. The van der Waals surface area contributed by atoms with Crippen molar-refractivity contribution < 1.29 is 9.90 Å². The fourth-order valence-electron chi connectivity index (χ4n) is 2.47. The predicted octanol–water partition coefficient (Wildman–Crippen LogP) is 1.46. The monoisotopic (exact) mass is 443 g/mol. The summed E-state index contributed by atoms with van der Waals surface area (Å²) < 4.78 is 1.75. The number of benzene rings is 1. The van der Waals surface area contributed by atoms with Crippen LogP contribution < -0.4 is 16.7 Å². The van der Waals surface area contributed by atoms with Crippen molar-refractivity contribution in [2.45, 2.75) is 6.92 Å². The van der Waals surface area contributed by atoms with Crippen LogP contribution in [0.5, 0.6) is 5.88 Å². The minimum atomic E-state index is -0.840. The molecule has 0 radical (unpaired) electrons. The van der Waals surface area contributed by atoms with E-state index in [0.717, 1.165) is 15.3 Å². The number of hydrogen-bond acceptors (Lipinski definition) is 6. The zero-order chi connectivity index (χ0) is 20.3. The zero-order valence-electron chi connectivity index (χ0n) is 14.5. The van der Waals surface area contributed by atoms with Gasteiger partial charge in [-0.25, -0.2) is 14.8 Å². The third-order valence-electron chi connectivity index (χ3n) is 3.80. The maximum Gasteiger partial charge on any atom is 0.335 e. The van der Waals surface area contributed by atoms with E-state index in [9.17, 15) is 19.5 Å². The largest absolute Gasteiger partial charge is 0.493 e. The van der Waals surface area contributed by atoms with Crippen LogP contribution in [0.25, 0.3) is 5.69 Å². The van der Waals surface area contributed by atoms with Crippen LogP contribution in [0.2, 0.25) is 0 Å². The Morgan fingerprint density at radius 2 is 2.14 bits per heavy atom. The highest BCUT2D eigenvalue weighted by Crippen LogP contribution is 2.22. The number of aromatic nitrogens is 3. The SMILES string of the molecule is Cc1cc(Br)ccc1-n1c(O)c(/C=N/NC(=O)c2cccnc2)c(=O)[nH]c1=O. The van der Waals surface area contributed by atoms with E-state index in [4.69, 9.17) is 0 Å². The van der Waals surface area contributed by atoms with Crippen LogP contribution in [-0.4, -0.2) is 31.8 Å². The average Bonchev–Trinajstić information content (AvgIpc) is 2.66. The van der Waals surface area contributed by atoms with Crippen LogP contribution >= 0.6 is 15.9 Å². The number of nitrogens with zero attached hydrogens (tertiary/aromatic N) is 3. The van der Waals surface area contributed by atoms with Crippen molar-refractivity contribution in [1.29, 1.82) is 0 Å². The fraction of sp³-hybridized carbons (Fsp3) is 0.0556. The Kier molecular flexibility index (Phi) is 5.50. The Morgan fingerprint density at radius 3 is 2.82 bits per heavy atom. The normalized spacial score (nSPS) is 10.9. The molecule has 0 fully saturated rings. The van der Waals surface area contributed by atoms with Gasteiger partial charge in [0, 0.05) is 16.9 Å². The number of aromatic amines is 1. The number of rotatable bonds is 4. The molecule has 0 aliphatic heterocycles. The van der Waals surface area contributed by atoms with Gasteiger partial charge < -0.3 is 5.11 Å². The van der Waals surface area contributed by atoms with Crippen molar-refractivity contribution in [3.8, 4) is 11.6 Å². The molecule has 28 heavy (non-hydrogen) atoms. The number of aromatic hydroxyl groups is 1. The van der Waals surface area contributed by atoms with Crippen LogP contribution in [0.3, 0.4) is 0 Å². The molecule has 0 atom stereocenters. The molecule has 3 N–H and O–H groups in total. The highest BCUT2D eigenvalue weighted by Gasteiger charge is 2.16. The molecule has 0 saturated carbocycles. The first-order chi connectivity index (χ1) is 13.4. The number of pyridine rings is 1. The standard InChI is InChI=1S/C18H14BrN5O4/c1-10-7-12(19)4-5-14(10)24-17(27)13(16(26)22-18(24)28)9-21-23-15(25)11-3-2-6-20-8-11/h2-9,27H,1H3,(H,23,25)(H,22,26,28)/b21-9+. The number of halogens is 1. The molecular weight excluding hydrogens is 430 g/mol. The zero-order valence-corrected chi connectivity index (χ0v) is 16.1. The number of carbonyl (C=O) groups is 1. The minimum absolute atomic E-state index is 0.272. The molecule has 9 nitrogen and oxygen atoms in total. The van der Waals surface area contributed by atoms with E-state index in [2.05, 4.69) is 36.4 Å². The van der Waals surface area contributed by atoms with E-state index >= 15 is 0 Å². The number of amides is 1. The van der Waals surface area contributed by atoms with E-state index in [0.29, 0.717) is 11.3 Å². The van der Waals surface area contributed by atoms with Crippen molar-refractivity contribution in [1.82, 2.24) is 20.0 Å². The Hall–Kier alpha value is -3.53. The Bertz CT molecular complexity index is 1180. The molecule has 0 unspecified atom stereocenters. The number of aryl methyl sites for hydroxylation is 1. The van der Waals surface area contributed by atoms with Crippen LogP contribution in [0.4, 0.5) is 0 Å². The Morgan fingerprint density at radius 1 is 1.36 bits per heavy atom.